The zero-order valence-electron chi connectivity index (χ0n) is 15.8. The van der Waals surface area contributed by atoms with Gasteiger partial charge in [0.2, 0.25) is 5.91 Å². The minimum atomic E-state index is 0.166. The lowest BCUT2D eigenvalue weighted by atomic mass is 10.1. The molecule has 0 spiro atoms. The summed E-state index contributed by atoms with van der Waals surface area (Å²) < 4.78 is 5.17. The fourth-order valence-corrected chi connectivity index (χ4v) is 3.65. The summed E-state index contributed by atoms with van der Waals surface area (Å²) >= 11 is 0. The third-order valence-electron chi connectivity index (χ3n) is 5.30. The maximum absolute atomic E-state index is 12.6. The quantitative estimate of drug-likeness (QED) is 0.810. The number of ether oxygens (including phenoxy) is 1. The molecule has 0 aliphatic carbocycles. The molecule has 3 aliphatic rings. The SMILES string of the molecule is COc1ccc(CC(=O)N2CCN(C3=NC=CN4C3=NC[C@@H]4C)CC2)cc1. The Hall–Kier alpha value is -2.83. The van der Waals surface area contributed by atoms with Crippen LogP contribution in [0.15, 0.2) is 46.7 Å². The van der Waals surface area contributed by atoms with Crippen LogP contribution in [0.4, 0.5) is 0 Å². The lowest BCUT2D eigenvalue weighted by molar-refractivity contribution is -0.131. The number of benzene rings is 1. The van der Waals surface area contributed by atoms with Crippen LogP contribution in [0.25, 0.3) is 0 Å². The molecule has 7 nitrogen and oxygen atoms in total. The van der Waals surface area contributed by atoms with Gasteiger partial charge in [-0.15, -0.1) is 0 Å². The molecular formula is C20H25N5O2. The van der Waals surface area contributed by atoms with Gasteiger partial charge < -0.3 is 19.4 Å². The van der Waals surface area contributed by atoms with Gasteiger partial charge in [-0.3, -0.25) is 9.79 Å². The van der Waals surface area contributed by atoms with E-state index >= 15 is 0 Å². The standard InChI is InChI=1S/C20H25N5O2/c1-15-14-22-20-19(21-7-8-25(15)20)24-11-9-23(10-12-24)18(26)13-16-3-5-17(27-2)6-4-16/h3-8,15H,9-14H2,1-2H3/t15-/m0/s1. The van der Waals surface area contributed by atoms with Crippen molar-refractivity contribution in [2.24, 2.45) is 9.98 Å². The Labute approximate surface area is 159 Å². The van der Waals surface area contributed by atoms with Crippen LogP contribution in [-0.4, -0.2) is 78.2 Å². The van der Waals surface area contributed by atoms with E-state index in [1.165, 1.54) is 0 Å². The van der Waals surface area contributed by atoms with Crippen molar-refractivity contribution in [3.05, 3.63) is 42.2 Å². The van der Waals surface area contributed by atoms with Crippen LogP contribution in [-0.2, 0) is 11.2 Å². The number of nitrogens with zero attached hydrogens (tertiary/aromatic N) is 5. The summed E-state index contributed by atoms with van der Waals surface area (Å²) in [4.78, 5) is 28.2. The number of carbonyl (C=O) groups is 1. The first kappa shape index (κ1) is 17.6. The Morgan fingerprint density at radius 1 is 1.15 bits per heavy atom. The molecule has 1 amide bonds. The summed E-state index contributed by atoms with van der Waals surface area (Å²) in [7, 11) is 1.64. The monoisotopic (exact) mass is 367 g/mol. The molecule has 0 aromatic heterocycles. The molecule has 0 saturated carbocycles. The van der Waals surface area contributed by atoms with Gasteiger partial charge in [-0.05, 0) is 24.6 Å². The van der Waals surface area contributed by atoms with Crippen LogP contribution in [0.5, 0.6) is 5.75 Å². The highest BCUT2D eigenvalue weighted by molar-refractivity contribution is 6.41. The zero-order valence-corrected chi connectivity index (χ0v) is 15.8. The summed E-state index contributed by atoms with van der Waals surface area (Å²) in [5, 5.41) is 0. The number of aliphatic imine (C=N–C) groups is 2. The molecule has 1 saturated heterocycles. The van der Waals surface area contributed by atoms with Crippen molar-refractivity contribution in [2.75, 3.05) is 39.8 Å². The summed E-state index contributed by atoms with van der Waals surface area (Å²) in [6, 6.07) is 8.07. The minimum absolute atomic E-state index is 0.166. The van der Waals surface area contributed by atoms with Gasteiger partial charge in [0.25, 0.3) is 0 Å². The van der Waals surface area contributed by atoms with Crippen molar-refractivity contribution < 1.29 is 9.53 Å². The highest BCUT2D eigenvalue weighted by Crippen LogP contribution is 2.19. The predicted octanol–water partition coefficient (Wildman–Crippen LogP) is 1.37. The molecule has 27 heavy (non-hydrogen) atoms. The van der Waals surface area contributed by atoms with Gasteiger partial charge in [0, 0.05) is 38.6 Å². The maximum Gasteiger partial charge on any atom is 0.227 e. The molecule has 1 fully saturated rings. The van der Waals surface area contributed by atoms with E-state index in [2.05, 4.69) is 26.7 Å². The Kier molecular flexibility index (Phi) is 4.83. The summed E-state index contributed by atoms with van der Waals surface area (Å²) in [6.45, 7) is 5.95. The number of carbonyl (C=O) groups excluding carboxylic acids is 1. The third kappa shape index (κ3) is 3.54. The predicted molar refractivity (Wildman–Crippen MR) is 105 cm³/mol. The fourth-order valence-electron chi connectivity index (χ4n) is 3.65. The number of hydrogen-bond acceptors (Lipinski definition) is 6. The molecule has 0 N–H and O–H groups in total. The van der Waals surface area contributed by atoms with Crippen molar-refractivity contribution in [1.82, 2.24) is 14.7 Å². The molecule has 0 bridgehead atoms. The van der Waals surface area contributed by atoms with E-state index in [1.54, 1.807) is 7.11 Å². The van der Waals surface area contributed by atoms with Crippen LogP contribution < -0.4 is 4.74 Å². The highest BCUT2D eigenvalue weighted by Gasteiger charge is 2.32. The number of rotatable bonds is 3. The average molecular weight is 367 g/mol. The van der Waals surface area contributed by atoms with E-state index in [1.807, 2.05) is 41.6 Å². The fraction of sp³-hybridized carbons (Fsp3) is 0.450. The second-order valence-electron chi connectivity index (χ2n) is 7.06. The second kappa shape index (κ2) is 7.42. The minimum Gasteiger partial charge on any atom is -0.497 e. The Morgan fingerprint density at radius 3 is 2.59 bits per heavy atom. The van der Waals surface area contributed by atoms with Gasteiger partial charge in [-0.2, -0.15) is 0 Å². The third-order valence-corrected chi connectivity index (χ3v) is 5.30. The van der Waals surface area contributed by atoms with Crippen molar-refractivity contribution in [3.8, 4) is 5.75 Å². The van der Waals surface area contributed by atoms with E-state index in [-0.39, 0.29) is 5.91 Å². The Morgan fingerprint density at radius 2 is 1.89 bits per heavy atom. The van der Waals surface area contributed by atoms with Crippen molar-refractivity contribution in [1.29, 1.82) is 0 Å². The van der Waals surface area contributed by atoms with E-state index in [4.69, 9.17) is 4.74 Å². The van der Waals surface area contributed by atoms with Gasteiger partial charge in [0.15, 0.2) is 11.7 Å². The van der Waals surface area contributed by atoms with Gasteiger partial charge >= 0.3 is 0 Å². The lowest BCUT2D eigenvalue weighted by Crippen LogP contribution is -2.54. The molecule has 4 rings (SSSR count). The van der Waals surface area contributed by atoms with Crippen molar-refractivity contribution in [2.45, 2.75) is 19.4 Å². The molecule has 3 aliphatic heterocycles. The highest BCUT2D eigenvalue weighted by atomic mass is 16.5. The van der Waals surface area contributed by atoms with Crippen LogP contribution in [0, 0.1) is 0 Å². The topological polar surface area (TPSA) is 60.7 Å². The van der Waals surface area contributed by atoms with Crippen molar-refractivity contribution in [3.63, 3.8) is 0 Å². The molecule has 0 unspecified atom stereocenters. The van der Waals surface area contributed by atoms with Gasteiger partial charge in [0.05, 0.1) is 26.1 Å². The molecule has 0 radical (unpaired) electrons. The first-order valence-corrected chi connectivity index (χ1v) is 9.39. The van der Waals surface area contributed by atoms with Crippen LogP contribution in [0.3, 0.4) is 0 Å². The van der Waals surface area contributed by atoms with Gasteiger partial charge in [-0.1, -0.05) is 12.1 Å². The molecule has 142 valence electrons. The summed E-state index contributed by atoms with van der Waals surface area (Å²) in [6.07, 6.45) is 4.26. The van der Waals surface area contributed by atoms with Crippen LogP contribution in [0.2, 0.25) is 0 Å². The first-order chi connectivity index (χ1) is 13.2. The van der Waals surface area contributed by atoms with E-state index in [0.717, 1.165) is 42.6 Å². The molecular weight excluding hydrogens is 342 g/mol. The number of amides is 1. The second-order valence-corrected chi connectivity index (χ2v) is 7.06. The van der Waals surface area contributed by atoms with Crippen LogP contribution in [0.1, 0.15) is 12.5 Å². The average Bonchev–Trinajstić information content (AvgIpc) is 3.10. The van der Waals surface area contributed by atoms with Crippen molar-refractivity contribution >= 4 is 17.6 Å². The number of piperazine rings is 1. The van der Waals surface area contributed by atoms with E-state index < -0.39 is 0 Å². The number of fused-ring (bicyclic) bond motifs is 1. The van der Waals surface area contributed by atoms with Crippen LogP contribution >= 0.6 is 0 Å². The number of amidine groups is 2. The zero-order chi connectivity index (χ0) is 18.8. The van der Waals surface area contributed by atoms with E-state index in [0.29, 0.717) is 25.6 Å². The number of methoxy groups -OCH3 is 1. The smallest absolute Gasteiger partial charge is 0.227 e. The lowest BCUT2D eigenvalue weighted by Gasteiger charge is -2.38. The van der Waals surface area contributed by atoms with E-state index in [9.17, 15) is 4.79 Å². The first-order valence-electron chi connectivity index (χ1n) is 9.39. The molecule has 3 heterocycles. The Balaban J connectivity index is 1.34. The molecule has 1 aromatic carbocycles. The largest absolute Gasteiger partial charge is 0.497 e. The molecule has 7 heteroatoms. The Bertz CT molecular complexity index is 791. The normalized spacial score (nSPS) is 21.7. The summed E-state index contributed by atoms with van der Waals surface area (Å²) in [5.74, 6) is 2.87. The number of hydrogen-bond donors (Lipinski definition) is 0. The molecule has 1 aromatic rings. The maximum atomic E-state index is 12.6. The van der Waals surface area contributed by atoms with Gasteiger partial charge in [-0.25, -0.2) is 4.99 Å². The van der Waals surface area contributed by atoms with Gasteiger partial charge in [0.1, 0.15) is 5.75 Å². The summed E-state index contributed by atoms with van der Waals surface area (Å²) in [5.41, 5.74) is 1.01. The molecule has 1 atom stereocenters.